The van der Waals surface area contributed by atoms with Crippen LogP contribution in [0.5, 0.6) is 0 Å². The van der Waals surface area contributed by atoms with Gasteiger partial charge in [-0.25, -0.2) is 4.98 Å². The molecule has 0 unspecified atom stereocenters. The molecule has 1 heterocycles. The summed E-state index contributed by atoms with van der Waals surface area (Å²) in [7, 11) is 3.71. The number of ether oxygens (including phenoxy) is 1. The lowest BCUT2D eigenvalue weighted by molar-refractivity contribution is 0.163. The third kappa shape index (κ3) is 5.00. The van der Waals surface area contributed by atoms with E-state index in [0.29, 0.717) is 19.0 Å². The Bertz CT molecular complexity index is 431. The van der Waals surface area contributed by atoms with Gasteiger partial charge in [-0.05, 0) is 20.9 Å². The van der Waals surface area contributed by atoms with E-state index in [1.807, 2.05) is 20.9 Å². The third-order valence-corrected chi connectivity index (χ3v) is 2.89. The van der Waals surface area contributed by atoms with Crippen LogP contribution in [0.25, 0.3) is 0 Å². The van der Waals surface area contributed by atoms with Gasteiger partial charge in [0.25, 0.3) is 5.56 Å². The van der Waals surface area contributed by atoms with Gasteiger partial charge in [0.2, 0.25) is 0 Å². The first-order valence-electron chi connectivity index (χ1n) is 6.54. The SMILES string of the molecule is COCCN(C)CCNc1nccn(C(C)C)c1=O. The fraction of sp³-hybridized carbons (Fsp3) is 0.692. The fourth-order valence-corrected chi connectivity index (χ4v) is 1.68. The normalized spacial score (nSPS) is 11.3. The molecule has 0 saturated carbocycles. The second-order valence-electron chi connectivity index (χ2n) is 4.80. The second-order valence-corrected chi connectivity index (χ2v) is 4.80. The van der Waals surface area contributed by atoms with Crippen molar-refractivity contribution in [3.63, 3.8) is 0 Å². The smallest absolute Gasteiger partial charge is 0.293 e. The first kappa shape index (κ1) is 15.7. The van der Waals surface area contributed by atoms with Crippen LogP contribution in [0.15, 0.2) is 17.2 Å². The Morgan fingerprint density at radius 1 is 1.47 bits per heavy atom. The molecule has 19 heavy (non-hydrogen) atoms. The molecule has 0 radical (unpaired) electrons. The summed E-state index contributed by atoms with van der Waals surface area (Å²) in [4.78, 5) is 18.3. The molecule has 6 heteroatoms. The number of hydrogen-bond acceptors (Lipinski definition) is 5. The van der Waals surface area contributed by atoms with Gasteiger partial charge < -0.3 is 19.5 Å². The lowest BCUT2D eigenvalue weighted by Gasteiger charge is -2.16. The van der Waals surface area contributed by atoms with Gasteiger partial charge >= 0.3 is 0 Å². The highest BCUT2D eigenvalue weighted by atomic mass is 16.5. The Labute approximate surface area is 114 Å². The highest BCUT2D eigenvalue weighted by Crippen LogP contribution is 2.01. The molecule has 0 amide bonds. The average molecular weight is 268 g/mol. The molecule has 0 saturated heterocycles. The van der Waals surface area contributed by atoms with Crippen LogP contribution in [0.2, 0.25) is 0 Å². The molecule has 0 aliphatic rings. The number of anilines is 1. The molecule has 1 rings (SSSR count). The topological polar surface area (TPSA) is 59.4 Å². The number of hydrogen-bond donors (Lipinski definition) is 1. The van der Waals surface area contributed by atoms with Crippen molar-refractivity contribution in [3.8, 4) is 0 Å². The maximum Gasteiger partial charge on any atom is 0.293 e. The zero-order chi connectivity index (χ0) is 14.3. The van der Waals surface area contributed by atoms with E-state index >= 15 is 0 Å². The lowest BCUT2D eigenvalue weighted by Crippen LogP contribution is -2.31. The quantitative estimate of drug-likeness (QED) is 0.756. The molecule has 1 N–H and O–H groups in total. The first-order valence-corrected chi connectivity index (χ1v) is 6.54. The summed E-state index contributed by atoms with van der Waals surface area (Å²) in [5.74, 6) is 0.413. The highest BCUT2D eigenvalue weighted by Gasteiger charge is 2.06. The molecule has 0 spiro atoms. The maximum atomic E-state index is 12.1. The van der Waals surface area contributed by atoms with Gasteiger partial charge in [-0.15, -0.1) is 0 Å². The number of likely N-dealkylation sites (N-methyl/N-ethyl adjacent to an activating group) is 1. The minimum absolute atomic E-state index is 0.0722. The molecule has 1 aromatic heterocycles. The minimum atomic E-state index is -0.0722. The van der Waals surface area contributed by atoms with Crippen LogP contribution in [-0.2, 0) is 4.74 Å². The molecule has 0 aliphatic carbocycles. The summed E-state index contributed by atoms with van der Waals surface area (Å²) >= 11 is 0. The van der Waals surface area contributed by atoms with Crippen LogP contribution in [0, 0.1) is 0 Å². The van der Waals surface area contributed by atoms with E-state index in [4.69, 9.17) is 4.74 Å². The number of methoxy groups -OCH3 is 1. The average Bonchev–Trinajstić information content (AvgIpc) is 2.38. The Kier molecular flexibility index (Phi) is 6.52. The van der Waals surface area contributed by atoms with Crippen molar-refractivity contribution in [1.29, 1.82) is 0 Å². The summed E-state index contributed by atoms with van der Waals surface area (Å²) in [5.41, 5.74) is -0.0722. The van der Waals surface area contributed by atoms with Crippen molar-refractivity contribution in [2.45, 2.75) is 19.9 Å². The van der Waals surface area contributed by atoms with Crippen molar-refractivity contribution in [3.05, 3.63) is 22.7 Å². The lowest BCUT2D eigenvalue weighted by atomic mass is 10.4. The Morgan fingerprint density at radius 3 is 2.84 bits per heavy atom. The second kappa shape index (κ2) is 7.91. The summed E-state index contributed by atoms with van der Waals surface area (Å²) in [6.45, 7) is 7.05. The van der Waals surface area contributed by atoms with E-state index in [-0.39, 0.29) is 11.6 Å². The van der Waals surface area contributed by atoms with Gasteiger partial charge in [-0.3, -0.25) is 4.79 Å². The van der Waals surface area contributed by atoms with E-state index in [0.717, 1.165) is 13.1 Å². The van der Waals surface area contributed by atoms with E-state index in [2.05, 4.69) is 15.2 Å². The maximum absolute atomic E-state index is 12.1. The van der Waals surface area contributed by atoms with Gasteiger partial charge in [0.15, 0.2) is 5.82 Å². The molecule has 0 atom stereocenters. The van der Waals surface area contributed by atoms with Crippen molar-refractivity contribution in [1.82, 2.24) is 14.5 Å². The number of nitrogens with one attached hydrogen (secondary N) is 1. The molecule has 1 aromatic rings. The third-order valence-electron chi connectivity index (χ3n) is 2.89. The Balaban J connectivity index is 2.50. The number of nitrogens with zero attached hydrogens (tertiary/aromatic N) is 3. The van der Waals surface area contributed by atoms with Gasteiger partial charge in [0.05, 0.1) is 6.61 Å². The molecular formula is C13H24N4O2. The van der Waals surface area contributed by atoms with Crippen LogP contribution in [0.1, 0.15) is 19.9 Å². The molecule has 108 valence electrons. The van der Waals surface area contributed by atoms with E-state index in [1.165, 1.54) is 0 Å². The molecule has 0 aromatic carbocycles. The van der Waals surface area contributed by atoms with E-state index < -0.39 is 0 Å². The van der Waals surface area contributed by atoms with E-state index in [9.17, 15) is 4.79 Å². The number of aromatic nitrogens is 2. The van der Waals surface area contributed by atoms with Crippen LogP contribution in [-0.4, -0.2) is 54.8 Å². The molecule has 0 fully saturated rings. The molecule has 6 nitrogen and oxygen atoms in total. The van der Waals surface area contributed by atoms with Crippen LogP contribution < -0.4 is 10.9 Å². The van der Waals surface area contributed by atoms with Crippen LogP contribution in [0.3, 0.4) is 0 Å². The zero-order valence-electron chi connectivity index (χ0n) is 12.2. The zero-order valence-corrected chi connectivity index (χ0v) is 12.2. The van der Waals surface area contributed by atoms with Crippen LogP contribution >= 0.6 is 0 Å². The fourth-order valence-electron chi connectivity index (χ4n) is 1.68. The minimum Gasteiger partial charge on any atom is -0.383 e. The van der Waals surface area contributed by atoms with Crippen molar-refractivity contribution in [2.24, 2.45) is 0 Å². The molecule has 0 bridgehead atoms. The summed E-state index contributed by atoms with van der Waals surface area (Å²) in [5, 5.41) is 3.09. The van der Waals surface area contributed by atoms with E-state index in [1.54, 1.807) is 24.1 Å². The molecular weight excluding hydrogens is 244 g/mol. The predicted octanol–water partition coefficient (Wildman–Crippen LogP) is 0.814. The number of rotatable bonds is 8. The van der Waals surface area contributed by atoms with Crippen molar-refractivity contribution >= 4 is 5.82 Å². The predicted molar refractivity (Wildman–Crippen MR) is 76.7 cm³/mol. The van der Waals surface area contributed by atoms with Gasteiger partial charge in [-0.1, -0.05) is 0 Å². The Hall–Kier alpha value is -1.40. The standard InChI is InChI=1S/C13H24N4O2/c1-11(2)17-8-6-15-12(13(17)18)14-5-7-16(3)9-10-19-4/h6,8,11H,5,7,9-10H2,1-4H3,(H,14,15). The summed E-state index contributed by atoms with van der Waals surface area (Å²) < 4.78 is 6.68. The van der Waals surface area contributed by atoms with Crippen LogP contribution in [0.4, 0.5) is 5.82 Å². The van der Waals surface area contributed by atoms with Gasteiger partial charge in [0.1, 0.15) is 0 Å². The van der Waals surface area contributed by atoms with Gasteiger partial charge in [0, 0.05) is 45.2 Å². The summed E-state index contributed by atoms with van der Waals surface area (Å²) in [6.07, 6.45) is 3.36. The van der Waals surface area contributed by atoms with Crippen molar-refractivity contribution in [2.75, 3.05) is 45.7 Å². The highest BCUT2D eigenvalue weighted by molar-refractivity contribution is 5.30. The molecule has 0 aliphatic heterocycles. The monoisotopic (exact) mass is 268 g/mol. The largest absolute Gasteiger partial charge is 0.383 e. The van der Waals surface area contributed by atoms with Crippen molar-refractivity contribution < 1.29 is 4.74 Å². The Morgan fingerprint density at radius 2 is 2.21 bits per heavy atom. The van der Waals surface area contributed by atoms with Gasteiger partial charge in [-0.2, -0.15) is 0 Å². The first-order chi connectivity index (χ1) is 9.06. The summed E-state index contributed by atoms with van der Waals surface area (Å²) in [6, 6.07) is 0.139.